The Hall–Kier alpha value is -2.01. The quantitative estimate of drug-likeness (QED) is 0.610. The van der Waals surface area contributed by atoms with Crippen LogP contribution in [-0.2, 0) is 12.3 Å². The van der Waals surface area contributed by atoms with Crippen molar-refractivity contribution in [3.05, 3.63) is 53.8 Å². The van der Waals surface area contributed by atoms with Crippen LogP contribution in [0.5, 0.6) is 0 Å². The molecule has 0 saturated heterocycles. The number of furan rings is 1. The van der Waals surface area contributed by atoms with Gasteiger partial charge in [0.1, 0.15) is 0 Å². The van der Waals surface area contributed by atoms with Crippen molar-refractivity contribution >= 4 is 11.8 Å². The number of hydrogen-bond donors (Lipinski definition) is 0. The van der Waals surface area contributed by atoms with Gasteiger partial charge in [0.15, 0.2) is 16.7 Å². The lowest BCUT2D eigenvalue weighted by Gasteiger charge is -2.11. The van der Waals surface area contributed by atoms with E-state index in [4.69, 9.17) is 4.42 Å². The highest BCUT2D eigenvalue weighted by molar-refractivity contribution is 7.98. The maximum atomic E-state index is 5.50. The molecule has 0 amide bonds. The van der Waals surface area contributed by atoms with E-state index in [0.29, 0.717) is 5.92 Å². The fourth-order valence-corrected chi connectivity index (χ4v) is 3.25. The van der Waals surface area contributed by atoms with Crippen LogP contribution in [0.1, 0.15) is 25.0 Å². The molecule has 0 spiro atoms. The third kappa shape index (κ3) is 3.85. The molecule has 2 heterocycles. The fourth-order valence-electron chi connectivity index (χ4n) is 2.35. The smallest absolute Gasteiger partial charge is 0.200 e. The summed E-state index contributed by atoms with van der Waals surface area (Å²) in [5, 5.41) is 9.65. The number of thioether (sulfide) groups is 1. The van der Waals surface area contributed by atoms with Gasteiger partial charge in [-0.25, -0.2) is 0 Å². The molecule has 0 saturated carbocycles. The molecule has 0 radical (unpaired) electrons. The minimum absolute atomic E-state index is 0.512. The van der Waals surface area contributed by atoms with Crippen molar-refractivity contribution in [3.63, 3.8) is 0 Å². The number of rotatable bonds is 6. The van der Waals surface area contributed by atoms with Crippen LogP contribution in [0.25, 0.3) is 11.6 Å². The summed E-state index contributed by atoms with van der Waals surface area (Å²) in [5.74, 6) is 2.96. The Morgan fingerprint density at radius 2 is 1.91 bits per heavy atom. The molecule has 0 bridgehead atoms. The molecule has 23 heavy (non-hydrogen) atoms. The molecule has 3 rings (SSSR count). The van der Waals surface area contributed by atoms with E-state index >= 15 is 0 Å². The van der Waals surface area contributed by atoms with Crippen LogP contribution >= 0.6 is 11.8 Å². The van der Waals surface area contributed by atoms with E-state index in [9.17, 15) is 0 Å². The highest BCUT2D eigenvalue weighted by atomic mass is 32.2. The maximum Gasteiger partial charge on any atom is 0.200 e. The third-order valence-corrected chi connectivity index (χ3v) is 4.53. The summed E-state index contributed by atoms with van der Waals surface area (Å²) in [6.07, 6.45) is 1.67. The lowest BCUT2D eigenvalue weighted by atomic mass is 10.2. The molecule has 2 aromatic heterocycles. The van der Waals surface area contributed by atoms with Gasteiger partial charge in [-0.1, -0.05) is 55.4 Å². The van der Waals surface area contributed by atoms with Crippen LogP contribution in [0.2, 0.25) is 0 Å². The van der Waals surface area contributed by atoms with E-state index in [1.165, 1.54) is 11.1 Å². The summed E-state index contributed by atoms with van der Waals surface area (Å²) in [6, 6.07) is 12.4. The van der Waals surface area contributed by atoms with Crippen LogP contribution in [0.3, 0.4) is 0 Å². The van der Waals surface area contributed by atoms with Gasteiger partial charge < -0.3 is 4.42 Å². The minimum Gasteiger partial charge on any atom is -0.461 e. The van der Waals surface area contributed by atoms with Crippen molar-refractivity contribution in [2.75, 3.05) is 0 Å². The molecule has 0 unspecified atom stereocenters. The largest absolute Gasteiger partial charge is 0.461 e. The van der Waals surface area contributed by atoms with Crippen LogP contribution in [0.4, 0.5) is 0 Å². The second-order valence-corrected chi connectivity index (χ2v) is 7.00. The van der Waals surface area contributed by atoms with Gasteiger partial charge in [0.25, 0.3) is 0 Å². The summed E-state index contributed by atoms with van der Waals surface area (Å²) in [5.41, 5.74) is 2.57. The average molecular weight is 327 g/mol. The van der Waals surface area contributed by atoms with Crippen molar-refractivity contribution in [3.8, 4) is 11.6 Å². The molecule has 120 valence electrons. The molecule has 0 atom stereocenters. The molecule has 0 aliphatic carbocycles. The van der Waals surface area contributed by atoms with Gasteiger partial charge in [0.05, 0.1) is 6.26 Å². The van der Waals surface area contributed by atoms with Gasteiger partial charge in [-0.05, 0) is 30.5 Å². The first kappa shape index (κ1) is 15.9. The van der Waals surface area contributed by atoms with Crippen molar-refractivity contribution in [1.29, 1.82) is 0 Å². The molecule has 1 aromatic carbocycles. The molecule has 0 fully saturated rings. The van der Waals surface area contributed by atoms with E-state index < -0.39 is 0 Å². The molecule has 4 nitrogen and oxygen atoms in total. The van der Waals surface area contributed by atoms with E-state index in [0.717, 1.165) is 29.0 Å². The SMILES string of the molecule is Cc1ccc(CSc2nnc(-c3ccco3)n2CC(C)C)cc1. The first-order valence-electron chi connectivity index (χ1n) is 7.79. The first-order valence-corrected chi connectivity index (χ1v) is 8.77. The minimum atomic E-state index is 0.512. The summed E-state index contributed by atoms with van der Waals surface area (Å²) >= 11 is 1.71. The van der Waals surface area contributed by atoms with Crippen molar-refractivity contribution in [1.82, 2.24) is 14.8 Å². The number of aryl methyl sites for hydroxylation is 1. The Balaban J connectivity index is 1.82. The van der Waals surface area contributed by atoms with Gasteiger partial charge in [0.2, 0.25) is 0 Å². The number of benzene rings is 1. The number of nitrogens with zero attached hydrogens (tertiary/aromatic N) is 3. The van der Waals surface area contributed by atoms with Crippen LogP contribution < -0.4 is 0 Å². The van der Waals surface area contributed by atoms with Gasteiger partial charge in [-0.3, -0.25) is 4.57 Å². The third-order valence-electron chi connectivity index (χ3n) is 3.49. The Bertz CT molecular complexity index is 745. The second kappa shape index (κ2) is 7.04. The first-order chi connectivity index (χ1) is 11.1. The maximum absolute atomic E-state index is 5.50. The Morgan fingerprint density at radius 3 is 2.57 bits per heavy atom. The normalized spacial score (nSPS) is 11.3. The van der Waals surface area contributed by atoms with Crippen molar-refractivity contribution in [2.24, 2.45) is 5.92 Å². The zero-order valence-corrected chi connectivity index (χ0v) is 14.5. The lowest BCUT2D eigenvalue weighted by molar-refractivity contribution is 0.489. The predicted molar refractivity (Wildman–Crippen MR) is 93.3 cm³/mol. The molecular formula is C18H21N3OS. The van der Waals surface area contributed by atoms with Gasteiger partial charge >= 0.3 is 0 Å². The van der Waals surface area contributed by atoms with Crippen LogP contribution in [0, 0.1) is 12.8 Å². The van der Waals surface area contributed by atoms with Gasteiger partial charge in [0, 0.05) is 12.3 Å². The zero-order chi connectivity index (χ0) is 16.2. The second-order valence-electron chi connectivity index (χ2n) is 6.06. The number of hydrogen-bond acceptors (Lipinski definition) is 4. The van der Waals surface area contributed by atoms with Crippen molar-refractivity contribution < 1.29 is 4.42 Å². The molecule has 5 heteroatoms. The molecule has 0 N–H and O–H groups in total. The van der Waals surface area contributed by atoms with Crippen molar-refractivity contribution in [2.45, 2.75) is 38.2 Å². The molecule has 0 aliphatic heterocycles. The van der Waals surface area contributed by atoms with E-state index in [1.807, 2.05) is 12.1 Å². The van der Waals surface area contributed by atoms with E-state index in [-0.39, 0.29) is 0 Å². The summed E-state index contributed by atoms with van der Waals surface area (Å²) < 4.78 is 7.65. The van der Waals surface area contributed by atoms with Gasteiger partial charge in [-0.2, -0.15) is 0 Å². The van der Waals surface area contributed by atoms with Crippen LogP contribution in [0.15, 0.2) is 52.2 Å². The number of aromatic nitrogens is 3. The highest BCUT2D eigenvalue weighted by Crippen LogP contribution is 2.27. The monoisotopic (exact) mass is 327 g/mol. The standard InChI is InChI=1S/C18H21N3OS/c1-13(2)11-21-17(16-5-4-10-22-16)19-20-18(21)23-12-15-8-6-14(3)7-9-15/h4-10,13H,11-12H2,1-3H3. The Labute approximate surface area is 140 Å². The topological polar surface area (TPSA) is 43.9 Å². The summed E-state index contributed by atoms with van der Waals surface area (Å²) in [4.78, 5) is 0. The van der Waals surface area contributed by atoms with Gasteiger partial charge in [-0.15, -0.1) is 10.2 Å². The Kier molecular flexibility index (Phi) is 4.86. The average Bonchev–Trinajstić information content (AvgIpc) is 3.16. The predicted octanol–water partition coefficient (Wildman–Crippen LogP) is 4.79. The highest BCUT2D eigenvalue weighted by Gasteiger charge is 2.17. The van der Waals surface area contributed by atoms with Crippen LogP contribution in [-0.4, -0.2) is 14.8 Å². The van der Waals surface area contributed by atoms with E-state index in [1.54, 1.807) is 18.0 Å². The fraction of sp³-hybridized carbons (Fsp3) is 0.333. The summed E-state index contributed by atoms with van der Waals surface area (Å²) in [7, 11) is 0. The van der Waals surface area contributed by atoms with E-state index in [2.05, 4.69) is 59.8 Å². The molecule has 3 aromatic rings. The molecular weight excluding hydrogens is 306 g/mol. The Morgan fingerprint density at radius 1 is 1.13 bits per heavy atom. The summed E-state index contributed by atoms with van der Waals surface area (Å²) in [6.45, 7) is 7.37. The molecule has 0 aliphatic rings. The zero-order valence-electron chi connectivity index (χ0n) is 13.7. The lowest BCUT2D eigenvalue weighted by Crippen LogP contribution is -2.07.